The number of nitrogens with zero attached hydrogens (tertiary/aromatic N) is 1. The standard InChI is InChI=1S/C28H27F3N4O3S/c29-28(30,31)39(37,38)34-22-13-14-24-23(17-22)25(27(36)33-24)26(20-7-3-1-4-8-20)32-21-11-9-19(10-12-21)18-35-15-5-2-6-16-35/h1,3-4,7-14,17,32,34H,2,5-6,15-16,18H2,(H,33,36)/b26-25-. The minimum Gasteiger partial charge on any atom is -0.354 e. The SMILES string of the molecule is O=C1Nc2ccc(NS(=O)(=O)C(F)(F)F)cc2/C1=C(/Nc1ccc(CN2CCCCC2)cc1)c1ccccc1. The molecule has 0 saturated carbocycles. The van der Waals surface area contributed by atoms with Gasteiger partial charge in [0.25, 0.3) is 5.91 Å². The van der Waals surface area contributed by atoms with Crippen LogP contribution < -0.4 is 15.4 Å². The summed E-state index contributed by atoms with van der Waals surface area (Å²) in [6.45, 7) is 3.03. The van der Waals surface area contributed by atoms with Crippen LogP contribution in [-0.2, 0) is 21.4 Å². The maximum absolute atomic E-state index is 13.1. The van der Waals surface area contributed by atoms with Gasteiger partial charge < -0.3 is 10.6 Å². The van der Waals surface area contributed by atoms with E-state index >= 15 is 0 Å². The van der Waals surface area contributed by atoms with Gasteiger partial charge in [0.1, 0.15) is 0 Å². The zero-order chi connectivity index (χ0) is 27.6. The van der Waals surface area contributed by atoms with Crippen LogP contribution in [0.15, 0.2) is 72.8 Å². The van der Waals surface area contributed by atoms with E-state index in [0.29, 0.717) is 16.9 Å². The molecule has 204 valence electrons. The minimum absolute atomic E-state index is 0.182. The summed E-state index contributed by atoms with van der Waals surface area (Å²) in [7, 11) is -5.63. The predicted octanol–water partition coefficient (Wildman–Crippen LogP) is 5.87. The summed E-state index contributed by atoms with van der Waals surface area (Å²) in [5.41, 5.74) is -1.97. The first-order valence-corrected chi connectivity index (χ1v) is 14.0. The van der Waals surface area contributed by atoms with E-state index in [4.69, 9.17) is 0 Å². The molecule has 11 heteroatoms. The number of rotatable bonds is 7. The van der Waals surface area contributed by atoms with Crippen LogP contribution in [0.2, 0.25) is 0 Å². The number of hydrogen-bond donors (Lipinski definition) is 3. The first-order chi connectivity index (χ1) is 18.6. The molecule has 0 spiro atoms. The number of alkyl halides is 3. The summed E-state index contributed by atoms with van der Waals surface area (Å²) >= 11 is 0. The van der Waals surface area contributed by atoms with E-state index in [1.807, 2.05) is 42.5 Å². The molecule has 2 heterocycles. The Kier molecular flexibility index (Phi) is 7.37. The first kappa shape index (κ1) is 26.8. The lowest BCUT2D eigenvalue weighted by Gasteiger charge is -2.26. The Morgan fingerprint density at radius 3 is 2.23 bits per heavy atom. The molecular formula is C28H27F3N4O3S. The fourth-order valence-corrected chi connectivity index (χ4v) is 5.34. The maximum atomic E-state index is 13.1. The van der Waals surface area contributed by atoms with Crippen LogP contribution >= 0.6 is 0 Å². The first-order valence-electron chi connectivity index (χ1n) is 12.5. The molecule has 3 aromatic rings. The van der Waals surface area contributed by atoms with Crippen molar-refractivity contribution in [2.75, 3.05) is 28.4 Å². The van der Waals surface area contributed by atoms with Crippen molar-refractivity contribution in [3.63, 3.8) is 0 Å². The lowest BCUT2D eigenvalue weighted by atomic mass is 9.99. The average Bonchev–Trinajstić information content (AvgIpc) is 3.23. The Labute approximate surface area is 224 Å². The maximum Gasteiger partial charge on any atom is 0.516 e. The molecule has 1 saturated heterocycles. The number of likely N-dealkylation sites (tertiary alicyclic amines) is 1. The Morgan fingerprint density at radius 1 is 0.897 bits per heavy atom. The second-order valence-electron chi connectivity index (χ2n) is 9.54. The third kappa shape index (κ3) is 5.94. The van der Waals surface area contributed by atoms with E-state index in [9.17, 15) is 26.4 Å². The number of sulfonamides is 1. The molecule has 3 N–H and O–H groups in total. The van der Waals surface area contributed by atoms with Gasteiger partial charge in [-0.05, 0) is 67.4 Å². The molecule has 5 rings (SSSR count). The molecule has 1 amide bonds. The summed E-state index contributed by atoms with van der Waals surface area (Å²) in [6.07, 6.45) is 3.68. The van der Waals surface area contributed by atoms with Crippen molar-refractivity contribution < 1.29 is 26.4 Å². The Morgan fingerprint density at radius 2 is 1.56 bits per heavy atom. The monoisotopic (exact) mass is 556 g/mol. The second-order valence-corrected chi connectivity index (χ2v) is 11.2. The fraction of sp³-hybridized carbons (Fsp3) is 0.250. The highest BCUT2D eigenvalue weighted by Crippen LogP contribution is 2.39. The third-order valence-corrected chi connectivity index (χ3v) is 7.83. The molecule has 0 aromatic heterocycles. The number of piperidine rings is 1. The Hall–Kier alpha value is -3.83. The molecular weight excluding hydrogens is 529 g/mol. The highest BCUT2D eigenvalue weighted by molar-refractivity contribution is 7.93. The molecule has 1 fully saturated rings. The van der Waals surface area contributed by atoms with Crippen LogP contribution in [0.4, 0.5) is 30.2 Å². The number of amides is 1. The van der Waals surface area contributed by atoms with Gasteiger partial charge in [0.05, 0.1) is 11.3 Å². The second kappa shape index (κ2) is 10.7. The van der Waals surface area contributed by atoms with Gasteiger partial charge in [0.15, 0.2) is 0 Å². The van der Waals surface area contributed by atoms with Gasteiger partial charge in [0, 0.05) is 29.2 Å². The number of anilines is 3. The zero-order valence-electron chi connectivity index (χ0n) is 20.9. The quantitative estimate of drug-likeness (QED) is 0.317. The number of halogens is 3. The van der Waals surface area contributed by atoms with E-state index in [2.05, 4.69) is 15.5 Å². The Balaban J connectivity index is 1.50. The van der Waals surface area contributed by atoms with Gasteiger partial charge in [0.2, 0.25) is 0 Å². The number of fused-ring (bicyclic) bond motifs is 1. The van der Waals surface area contributed by atoms with E-state index < -0.39 is 21.4 Å². The van der Waals surface area contributed by atoms with Crippen molar-refractivity contribution in [1.29, 1.82) is 0 Å². The highest BCUT2D eigenvalue weighted by Gasteiger charge is 2.46. The lowest BCUT2D eigenvalue weighted by molar-refractivity contribution is -0.110. The van der Waals surface area contributed by atoms with Crippen LogP contribution in [0.1, 0.15) is 36.0 Å². The van der Waals surface area contributed by atoms with Gasteiger partial charge in [-0.1, -0.05) is 48.9 Å². The number of benzene rings is 3. The van der Waals surface area contributed by atoms with Crippen molar-refractivity contribution in [2.45, 2.75) is 31.3 Å². The van der Waals surface area contributed by atoms with E-state index in [0.717, 1.165) is 25.3 Å². The van der Waals surface area contributed by atoms with E-state index in [1.165, 1.54) is 43.0 Å². The molecule has 0 aliphatic carbocycles. The lowest BCUT2D eigenvalue weighted by Crippen LogP contribution is -2.29. The molecule has 0 atom stereocenters. The fourth-order valence-electron chi connectivity index (χ4n) is 4.79. The zero-order valence-corrected chi connectivity index (χ0v) is 21.7. The van der Waals surface area contributed by atoms with Crippen LogP contribution in [-0.4, -0.2) is 37.8 Å². The molecule has 0 unspecified atom stereocenters. The molecule has 2 aliphatic rings. The molecule has 0 radical (unpaired) electrons. The van der Waals surface area contributed by atoms with Crippen LogP contribution in [0, 0.1) is 0 Å². The third-order valence-electron chi connectivity index (χ3n) is 6.71. The van der Waals surface area contributed by atoms with Gasteiger partial charge in [-0.2, -0.15) is 21.6 Å². The van der Waals surface area contributed by atoms with Gasteiger partial charge in [-0.15, -0.1) is 0 Å². The number of hydrogen-bond acceptors (Lipinski definition) is 5. The van der Waals surface area contributed by atoms with Crippen molar-refractivity contribution in [1.82, 2.24) is 4.90 Å². The molecule has 7 nitrogen and oxygen atoms in total. The summed E-state index contributed by atoms with van der Waals surface area (Å²) < 4.78 is 63.7. The van der Waals surface area contributed by atoms with Crippen molar-refractivity contribution >= 4 is 44.3 Å². The number of carbonyl (C=O) groups is 1. The number of carbonyl (C=O) groups excluding carboxylic acids is 1. The highest BCUT2D eigenvalue weighted by atomic mass is 32.2. The van der Waals surface area contributed by atoms with Crippen molar-refractivity contribution in [3.05, 3.63) is 89.5 Å². The normalized spacial score (nSPS) is 17.4. The molecule has 0 bridgehead atoms. The van der Waals surface area contributed by atoms with Crippen LogP contribution in [0.3, 0.4) is 0 Å². The number of nitrogens with one attached hydrogen (secondary N) is 3. The summed E-state index contributed by atoms with van der Waals surface area (Å²) in [4.78, 5) is 15.6. The van der Waals surface area contributed by atoms with Crippen LogP contribution in [0.25, 0.3) is 11.3 Å². The van der Waals surface area contributed by atoms with Gasteiger partial charge in [-0.3, -0.25) is 14.4 Å². The smallest absolute Gasteiger partial charge is 0.354 e. The van der Waals surface area contributed by atoms with E-state index in [1.54, 1.807) is 16.9 Å². The Bertz CT molecular complexity index is 1500. The van der Waals surface area contributed by atoms with Gasteiger partial charge >= 0.3 is 15.5 Å². The van der Waals surface area contributed by atoms with Crippen molar-refractivity contribution in [2.24, 2.45) is 0 Å². The predicted molar refractivity (Wildman–Crippen MR) is 146 cm³/mol. The van der Waals surface area contributed by atoms with Gasteiger partial charge in [-0.25, -0.2) is 0 Å². The average molecular weight is 557 g/mol. The summed E-state index contributed by atoms with van der Waals surface area (Å²) in [5, 5.41) is 6.03. The molecule has 39 heavy (non-hydrogen) atoms. The van der Waals surface area contributed by atoms with Crippen LogP contribution in [0.5, 0.6) is 0 Å². The van der Waals surface area contributed by atoms with E-state index in [-0.39, 0.29) is 16.8 Å². The largest absolute Gasteiger partial charge is 0.516 e. The topological polar surface area (TPSA) is 90.5 Å². The summed E-state index contributed by atoms with van der Waals surface area (Å²) in [6, 6.07) is 20.7. The summed E-state index contributed by atoms with van der Waals surface area (Å²) in [5.74, 6) is -0.464. The minimum atomic E-state index is -5.63. The molecule has 3 aromatic carbocycles. The van der Waals surface area contributed by atoms with Crippen molar-refractivity contribution in [3.8, 4) is 0 Å². The molecule has 2 aliphatic heterocycles.